The minimum Gasteiger partial charge on any atom is -0.339 e. The molecule has 0 aliphatic heterocycles. The van der Waals surface area contributed by atoms with E-state index < -0.39 is 0 Å². The number of carbonyl (C=O) groups excluding carboxylic acids is 1. The van der Waals surface area contributed by atoms with Crippen LogP contribution in [-0.4, -0.2) is 35.2 Å². The number of hydrogen-bond acceptors (Lipinski definition) is 5. The van der Waals surface area contributed by atoms with Crippen molar-refractivity contribution in [2.24, 2.45) is 0 Å². The topological polar surface area (TPSA) is 71.3 Å². The Balaban J connectivity index is 1.95. The Hall–Kier alpha value is -2.28. The van der Waals surface area contributed by atoms with E-state index in [-0.39, 0.29) is 18.1 Å². The summed E-state index contributed by atoms with van der Waals surface area (Å²) in [6.45, 7) is 0. The van der Waals surface area contributed by atoms with Gasteiger partial charge in [-0.25, -0.2) is 9.40 Å². The van der Waals surface area contributed by atoms with Crippen molar-refractivity contribution in [2.45, 2.75) is 12.8 Å². The Bertz CT molecular complexity index is 580. The van der Waals surface area contributed by atoms with Gasteiger partial charge in [-0.3, -0.25) is 10.2 Å². The predicted octanol–water partition coefficient (Wildman–Crippen LogP) is 1.40. The summed E-state index contributed by atoms with van der Waals surface area (Å²) < 4.78 is 17.9. The zero-order valence-corrected chi connectivity index (χ0v) is 11.3. The minimum absolute atomic E-state index is 0.128. The average Bonchev–Trinajstić information content (AvgIpc) is 2.85. The molecule has 20 heavy (non-hydrogen) atoms. The van der Waals surface area contributed by atoms with E-state index >= 15 is 0 Å². The molecule has 106 valence electrons. The molecule has 0 unspecified atom stereocenters. The molecule has 1 heterocycles. The fourth-order valence-corrected chi connectivity index (χ4v) is 1.60. The molecule has 7 heteroatoms. The second-order valence-corrected chi connectivity index (χ2v) is 4.45. The number of rotatable bonds is 5. The Morgan fingerprint density at radius 1 is 1.35 bits per heavy atom. The van der Waals surface area contributed by atoms with Gasteiger partial charge in [-0.15, -0.1) is 0 Å². The van der Waals surface area contributed by atoms with Crippen LogP contribution in [0.25, 0.3) is 11.4 Å². The number of nitrogens with zero attached hydrogens (tertiary/aromatic N) is 3. The monoisotopic (exact) mass is 278 g/mol. The van der Waals surface area contributed by atoms with Crippen molar-refractivity contribution in [3.8, 4) is 11.4 Å². The fourth-order valence-electron chi connectivity index (χ4n) is 1.60. The van der Waals surface area contributed by atoms with Gasteiger partial charge >= 0.3 is 0 Å². The van der Waals surface area contributed by atoms with Gasteiger partial charge in [-0.05, 0) is 24.3 Å². The molecule has 2 aromatic rings. The normalized spacial score (nSPS) is 10.8. The maximum Gasteiger partial charge on any atom is 0.234 e. The third-order valence-corrected chi connectivity index (χ3v) is 2.48. The lowest BCUT2D eigenvalue weighted by atomic mass is 10.2. The summed E-state index contributed by atoms with van der Waals surface area (Å²) in [5.74, 6) is 0.306. The molecule has 0 saturated heterocycles. The SMILES string of the molecule is CN(C)NC(=O)CCc1nc(-c2ccc(F)cc2)no1. The van der Waals surface area contributed by atoms with Crippen LogP contribution < -0.4 is 5.43 Å². The Morgan fingerprint density at radius 3 is 2.70 bits per heavy atom. The van der Waals surface area contributed by atoms with Crippen LogP contribution in [0.2, 0.25) is 0 Å². The quantitative estimate of drug-likeness (QED) is 0.837. The first kappa shape index (κ1) is 14.1. The highest BCUT2D eigenvalue weighted by Gasteiger charge is 2.11. The van der Waals surface area contributed by atoms with Crippen LogP contribution in [0.15, 0.2) is 28.8 Å². The molecule has 1 N–H and O–H groups in total. The molecule has 6 nitrogen and oxygen atoms in total. The van der Waals surface area contributed by atoms with Gasteiger partial charge in [0.15, 0.2) is 0 Å². The summed E-state index contributed by atoms with van der Waals surface area (Å²) in [4.78, 5) is 15.6. The van der Waals surface area contributed by atoms with Crippen molar-refractivity contribution < 1.29 is 13.7 Å². The first-order valence-corrected chi connectivity index (χ1v) is 6.10. The van der Waals surface area contributed by atoms with Gasteiger partial charge in [0.1, 0.15) is 5.82 Å². The lowest BCUT2D eigenvalue weighted by Gasteiger charge is -2.10. The molecule has 0 bridgehead atoms. The number of hydrogen-bond donors (Lipinski definition) is 1. The molecular weight excluding hydrogens is 263 g/mol. The summed E-state index contributed by atoms with van der Waals surface area (Å²) in [6, 6.07) is 5.80. The summed E-state index contributed by atoms with van der Waals surface area (Å²) in [5, 5.41) is 5.37. The molecule has 0 saturated carbocycles. The van der Waals surface area contributed by atoms with Gasteiger partial charge in [-0.2, -0.15) is 4.98 Å². The molecule has 0 fully saturated rings. The second kappa shape index (κ2) is 6.25. The molecule has 0 aliphatic rings. The van der Waals surface area contributed by atoms with E-state index in [4.69, 9.17) is 4.52 Å². The van der Waals surface area contributed by atoms with Crippen LogP contribution in [0.5, 0.6) is 0 Å². The summed E-state index contributed by atoms with van der Waals surface area (Å²) >= 11 is 0. The van der Waals surface area contributed by atoms with E-state index in [2.05, 4.69) is 15.6 Å². The minimum atomic E-state index is -0.321. The van der Waals surface area contributed by atoms with Gasteiger partial charge < -0.3 is 4.52 Å². The van der Waals surface area contributed by atoms with E-state index in [9.17, 15) is 9.18 Å². The first-order chi connectivity index (χ1) is 9.54. The highest BCUT2D eigenvalue weighted by atomic mass is 19.1. The van der Waals surface area contributed by atoms with E-state index in [1.165, 1.54) is 12.1 Å². The molecule has 1 amide bonds. The maximum absolute atomic E-state index is 12.8. The van der Waals surface area contributed by atoms with Crippen molar-refractivity contribution in [3.63, 3.8) is 0 Å². The number of hydrazine groups is 1. The molecule has 0 spiro atoms. The maximum atomic E-state index is 12.8. The Labute approximate surface area is 115 Å². The van der Waals surface area contributed by atoms with Crippen molar-refractivity contribution in [3.05, 3.63) is 36.0 Å². The number of carbonyl (C=O) groups is 1. The van der Waals surface area contributed by atoms with Crippen molar-refractivity contribution in [1.82, 2.24) is 20.6 Å². The first-order valence-electron chi connectivity index (χ1n) is 6.10. The van der Waals surface area contributed by atoms with Crippen LogP contribution >= 0.6 is 0 Å². The summed E-state index contributed by atoms with van der Waals surface area (Å²) in [6.07, 6.45) is 0.608. The van der Waals surface area contributed by atoms with Gasteiger partial charge in [0.2, 0.25) is 17.6 Å². The summed E-state index contributed by atoms with van der Waals surface area (Å²) in [7, 11) is 3.47. The number of amides is 1. The van der Waals surface area contributed by atoms with Crippen LogP contribution in [0.4, 0.5) is 4.39 Å². The van der Waals surface area contributed by atoms with Gasteiger partial charge in [-0.1, -0.05) is 5.16 Å². The highest BCUT2D eigenvalue weighted by Crippen LogP contribution is 2.16. The lowest BCUT2D eigenvalue weighted by Crippen LogP contribution is -2.36. The van der Waals surface area contributed by atoms with E-state index in [1.54, 1.807) is 31.2 Å². The van der Waals surface area contributed by atoms with Gasteiger partial charge in [0.05, 0.1) is 0 Å². The average molecular weight is 278 g/mol. The zero-order valence-electron chi connectivity index (χ0n) is 11.3. The van der Waals surface area contributed by atoms with E-state index in [1.807, 2.05) is 0 Å². The van der Waals surface area contributed by atoms with Gasteiger partial charge in [0.25, 0.3) is 0 Å². The van der Waals surface area contributed by atoms with Crippen molar-refractivity contribution in [2.75, 3.05) is 14.1 Å². The summed E-state index contributed by atoms with van der Waals surface area (Å²) in [5.41, 5.74) is 3.29. The van der Waals surface area contributed by atoms with Crippen LogP contribution in [0.3, 0.4) is 0 Å². The van der Waals surface area contributed by atoms with Crippen LogP contribution in [0.1, 0.15) is 12.3 Å². The van der Waals surface area contributed by atoms with E-state index in [0.717, 1.165) is 0 Å². The number of halogens is 1. The lowest BCUT2D eigenvalue weighted by molar-refractivity contribution is -0.124. The van der Waals surface area contributed by atoms with E-state index in [0.29, 0.717) is 23.7 Å². The number of benzene rings is 1. The standard InChI is InChI=1S/C13H15FN4O2/c1-18(2)16-11(19)7-8-12-15-13(17-20-12)9-3-5-10(14)6-4-9/h3-6H,7-8H2,1-2H3,(H,16,19). The number of aromatic nitrogens is 2. The Kier molecular flexibility index (Phi) is 4.41. The molecule has 2 rings (SSSR count). The van der Waals surface area contributed by atoms with Gasteiger partial charge in [0, 0.05) is 32.5 Å². The third-order valence-electron chi connectivity index (χ3n) is 2.48. The molecule has 1 aromatic heterocycles. The molecule has 0 aliphatic carbocycles. The van der Waals surface area contributed by atoms with Crippen molar-refractivity contribution >= 4 is 5.91 Å². The molecule has 1 aromatic carbocycles. The molecule has 0 atom stereocenters. The smallest absolute Gasteiger partial charge is 0.234 e. The molecule has 0 radical (unpaired) electrons. The largest absolute Gasteiger partial charge is 0.339 e. The molecular formula is C13H15FN4O2. The fraction of sp³-hybridized carbons (Fsp3) is 0.308. The second-order valence-electron chi connectivity index (χ2n) is 4.45. The third kappa shape index (κ3) is 3.86. The van der Waals surface area contributed by atoms with Crippen LogP contribution in [-0.2, 0) is 11.2 Å². The number of nitrogens with one attached hydrogen (secondary N) is 1. The zero-order chi connectivity index (χ0) is 14.5. The number of aryl methyl sites for hydroxylation is 1. The highest BCUT2D eigenvalue weighted by molar-refractivity contribution is 5.75. The predicted molar refractivity (Wildman–Crippen MR) is 69.8 cm³/mol. The Morgan fingerprint density at radius 2 is 2.05 bits per heavy atom. The van der Waals surface area contributed by atoms with Crippen molar-refractivity contribution in [1.29, 1.82) is 0 Å². The van der Waals surface area contributed by atoms with Crippen LogP contribution in [0, 0.1) is 5.82 Å².